The summed E-state index contributed by atoms with van der Waals surface area (Å²) in [4.78, 5) is 2.26. The van der Waals surface area contributed by atoms with Gasteiger partial charge >= 0.3 is 0 Å². The maximum atomic E-state index is 10.5. The Morgan fingerprint density at radius 2 is 1.89 bits per heavy atom. The maximum absolute atomic E-state index is 10.5. The summed E-state index contributed by atoms with van der Waals surface area (Å²) in [6.45, 7) is 3.12. The molecule has 0 saturated carbocycles. The summed E-state index contributed by atoms with van der Waals surface area (Å²) in [7, 11) is 2.11. The molecule has 1 unspecified atom stereocenters. The van der Waals surface area contributed by atoms with Crippen LogP contribution in [0.1, 0.15) is 28.4 Å². The fraction of sp³-hybridized carbons (Fsp3) is 0.294. The van der Waals surface area contributed by atoms with E-state index in [4.69, 9.17) is 0 Å². The third-order valence-corrected chi connectivity index (χ3v) is 3.90. The lowest BCUT2D eigenvalue weighted by Gasteiger charge is -2.15. The highest BCUT2D eigenvalue weighted by Gasteiger charge is 2.18. The number of aryl methyl sites for hydroxylation is 1. The number of hydrogen-bond donors (Lipinski definition) is 1. The molecule has 1 heterocycles. The smallest absolute Gasteiger partial charge is 0.104 e. The number of hydrogen-bond acceptors (Lipinski definition) is 2. The first-order valence-corrected chi connectivity index (χ1v) is 6.74. The lowest BCUT2D eigenvalue weighted by atomic mass is 9.98. The second kappa shape index (κ2) is 4.71. The van der Waals surface area contributed by atoms with Crippen molar-refractivity contribution in [3.8, 4) is 0 Å². The van der Waals surface area contributed by atoms with Crippen LogP contribution in [-0.2, 0) is 6.42 Å². The second-order valence-corrected chi connectivity index (χ2v) is 5.38. The van der Waals surface area contributed by atoms with Gasteiger partial charge in [0.1, 0.15) is 6.10 Å². The van der Waals surface area contributed by atoms with E-state index in [-0.39, 0.29) is 0 Å². The molecule has 98 valence electrons. The van der Waals surface area contributed by atoms with Crippen molar-refractivity contribution in [2.75, 3.05) is 18.5 Å². The summed E-state index contributed by atoms with van der Waals surface area (Å²) in [5, 5.41) is 10.5. The predicted octanol–water partition coefficient (Wildman–Crippen LogP) is 3.07. The van der Waals surface area contributed by atoms with E-state index >= 15 is 0 Å². The van der Waals surface area contributed by atoms with Crippen LogP contribution < -0.4 is 4.90 Å². The number of aliphatic hydroxyl groups excluding tert-OH is 1. The van der Waals surface area contributed by atoms with Gasteiger partial charge < -0.3 is 10.0 Å². The largest absolute Gasteiger partial charge is 0.384 e. The normalized spacial score (nSPS) is 15.4. The predicted molar refractivity (Wildman–Crippen MR) is 78.7 cm³/mol. The Morgan fingerprint density at radius 3 is 2.68 bits per heavy atom. The number of anilines is 1. The van der Waals surface area contributed by atoms with Gasteiger partial charge in [0.25, 0.3) is 0 Å². The average molecular weight is 253 g/mol. The Morgan fingerprint density at radius 1 is 1.11 bits per heavy atom. The zero-order valence-electron chi connectivity index (χ0n) is 11.4. The Balaban J connectivity index is 1.94. The van der Waals surface area contributed by atoms with Crippen molar-refractivity contribution in [1.82, 2.24) is 0 Å². The molecule has 1 N–H and O–H groups in total. The number of likely N-dealkylation sites (N-methyl/N-ethyl adjacent to an activating group) is 1. The number of fused-ring (bicyclic) bond motifs is 1. The molecule has 0 spiro atoms. The van der Waals surface area contributed by atoms with Crippen LogP contribution in [0.15, 0.2) is 42.5 Å². The molecule has 2 aromatic carbocycles. The van der Waals surface area contributed by atoms with Crippen LogP contribution in [0.4, 0.5) is 5.69 Å². The van der Waals surface area contributed by atoms with E-state index in [0.717, 1.165) is 24.1 Å². The van der Waals surface area contributed by atoms with Crippen LogP contribution in [0.3, 0.4) is 0 Å². The summed E-state index contributed by atoms with van der Waals surface area (Å²) >= 11 is 0. The minimum atomic E-state index is -0.531. The lowest BCUT2D eigenvalue weighted by Crippen LogP contribution is -2.12. The van der Waals surface area contributed by atoms with Crippen LogP contribution in [0.2, 0.25) is 0 Å². The Labute approximate surface area is 114 Å². The quantitative estimate of drug-likeness (QED) is 0.889. The van der Waals surface area contributed by atoms with E-state index in [9.17, 15) is 5.11 Å². The highest BCUT2D eigenvalue weighted by Crippen LogP contribution is 2.31. The average Bonchev–Trinajstić information content (AvgIpc) is 2.79. The Hall–Kier alpha value is -1.80. The third kappa shape index (κ3) is 2.24. The standard InChI is InChI=1S/C17H19NO/c1-12-4-3-5-14(10-12)17(19)15-6-7-16-13(11-15)8-9-18(16)2/h3-7,10-11,17,19H,8-9H2,1-2H3. The summed E-state index contributed by atoms with van der Waals surface area (Å²) in [6, 6.07) is 14.4. The van der Waals surface area contributed by atoms with Crippen LogP contribution >= 0.6 is 0 Å². The van der Waals surface area contributed by atoms with Gasteiger partial charge in [0.05, 0.1) is 0 Å². The molecule has 1 atom stereocenters. The molecule has 2 heteroatoms. The molecule has 19 heavy (non-hydrogen) atoms. The van der Waals surface area contributed by atoms with Crippen LogP contribution in [0.5, 0.6) is 0 Å². The van der Waals surface area contributed by atoms with Crippen LogP contribution in [0.25, 0.3) is 0 Å². The van der Waals surface area contributed by atoms with Gasteiger partial charge in [-0.1, -0.05) is 42.0 Å². The monoisotopic (exact) mass is 253 g/mol. The fourth-order valence-electron chi connectivity index (χ4n) is 2.79. The van der Waals surface area contributed by atoms with Crippen molar-refractivity contribution >= 4 is 5.69 Å². The third-order valence-electron chi connectivity index (χ3n) is 3.90. The number of nitrogens with zero attached hydrogens (tertiary/aromatic N) is 1. The maximum Gasteiger partial charge on any atom is 0.104 e. The minimum absolute atomic E-state index is 0.531. The Bertz CT molecular complexity index is 606. The van der Waals surface area contributed by atoms with Crippen molar-refractivity contribution in [3.63, 3.8) is 0 Å². The van der Waals surface area contributed by atoms with Crippen molar-refractivity contribution in [2.45, 2.75) is 19.4 Å². The van der Waals surface area contributed by atoms with Crippen molar-refractivity contribution in [2.24, 2.45) is 0 Å². The highest BCUT2D eigenvalue weighted by atomic mass is 16.3. The number of aliphatic hydroxyl groups is 1. The van der Waals surface area contributed by atoms with E-state index in [0.29, 0.717) is 0 Å². The van der Waals surface area contributed by atoms with Crippen LogP contribution in [-0.4, -0.2) is 18.7 Å². The molecule has 0 radical (unpaired) electrons. The first-order chi connectivity index (χ1) is 9.15. The summed E-state index contributed by atoms with van der Waals surface area (Å²) in [6.07, 6.45) is 0.538. The molecule has 3 rings (SSSR count). The topological polar surface area (TPSA) is 23.5 Å². The molecular weight excluding hydrogens is 234 g/mol. The van der Waals surface area contributed by atoms with E-state index in [2.05, 4.69) is 24.1 Å². The number of benzene rings is 2. The van der Waals surface area contributed by atoms with E-state index in [1.165, 1.54) is 16.8 Å². The van der Waals surface area contributed by atoms with Gasteiger partial charge in [0.2, 0.25) is 0 Å². The fourth-order valence-corrected chi connectivity index (χ4v) is 2.79. The van der Waals surface area contributed by atoms with Gasteiger partial charge in [0.15, 0.2) is 0 Å². The summed E-state index contributed by atoms with van der Waals surface area (Å²) < 4.78 is 0. The SMILES string of the molecule is Cc1cccc(C(O)c2ccc3c(c2)CCN3C)c1. The molecule has 0 saturated heterocycles. The van der Waals surface area contributed by atoms with Crippen LogP contribution in [0, 0.1) is 6.92 Å². The molecule has 2 aromatic rings. The number of rotatable bonds is 2. The van der Waals surface area contributed by atoms with Gasteiger partial charge in [-0.25, -0.2) is 0 Å². The summed E-state index contributed by atoms with van der Waals surface area (Å²) in [5.41, 5.74) is 5.76. The second-order valence-electron chi connectivity index (χ2n) is 5.38. The van der Waals surface area contributed by atoms with Crippen molar-refractivity contribution in [1.29, 1.82) is 0 Å². The van der Waals surface area contributed by atoms with Crippen molar-refractivity contribution in [3.05, 3.63) is 64.7 Å². The molecule has 0 bridgehead atoms. The molecule has 0 aliphatic carbocycles. The molecule has 0 fully saturated rings. The Kier molecular flexibility index (Phi) is 3.03. The van der Waals surface area contributed by atoms with E-state index in [1.54, 1.807) is 0 Å². The van der Waals surface area contributed by atoms with E-state index < -0.39 is 6.10 Å². The zero-order valence-corrected chi connectivity index (χ0v) is 11.4. The molecule has 1 aliphatic rings. The van der Waals surface area contributed by atoms with Gasteiger partial charge in [0, 0.05) is 19.3 Å². The zero-order chi connectivity index (χ0) is 13.4. The van der Waals surface area contributed by atoms with E-state index in [1.807, 2.05) is 37.3 Å². The van der Waals surface area contributed by atoms with Gasteiger partial charge in [-0.05, 0) is 36.1 Å². The lowest BCUT2D eigenvalue weighted by molar-refractivity contribution is 0.220. The molecule has 2 nitrogen and oxygen atoms in total. The summed E-state index contributed by atoms with van der Waals surface area (Å²) in [5.74, 6) is 0. The molecular formula is C17H19NO. The first kappa shape index (κ1) is 12.2. The molecule has 0 amide bonds. The molecule has 0 aromatic heterocycles. The van der Waals surface area contributed by atoms with Gasteiger partial charge in [-0.3, -0.25) is 0 Å². The van der Waals surface area contributed by atoms with Gasteiger partial charge in [-0.2, -0.15) is 0 Å². The van der Waals surface area contributed by atoms with Gasteiger partial charge in [-0.15, -0.1) is 0 Å². The van der Waals surface area contributed by atoms with Crippen molar-refractivity contribution < 1.29 is 5.11 Å². The highest BCUT2D eigenvalue weighted by molar-refractivity contribution is 5.59. The first-order valence-electron chi connectivity index (χ1n) is 6.74. The molecule has 1 aliphatic heterocycles. The minimum Gasteiger partial charge on any atom is -0.384 e.